The molecule has 1 aliphatic heterocycles. The van der Waals surface area contributed by atoms with Gasteiger partial charge in [-0.2, -0.15) is 0 Å². The standard InChI is InChI=1S/C13H10BrClO2S/c14-13(11-5-6-12(15)18-11)10-7-16-8-3-1-2-4-9(8)17-10/h1-6,10,13H,7H2. The second-order valence-corrected chi connectivity index (χ2v) is 6.69. The molecule has 3 rings (SSSR count). The van der Waals surface area contributed by atoms with Crippen molar-refractivity contribution in [3.8, 4) is 11.5 Å². The minimum Gasteiger partial charge on any atom is -0.486 e. The Kier molecular flexibility index (Phi) is 3.50. The van der Waals surface area contributed by atoms with Crippen LogP contribution in [0.3, 0.4) is 0 Å². The van der Waals surface area contributed by atoms with Crippen LogP contribution in [0.25, 0.3) is 0 Å². The van der Waals surface area contributed by atoms with Crippen molar-refractivity contribution < 1.29 is 9.47 Å². The quantitative estimate of drug-likeness (QED) is 0.736. The summed E-state index contributed by atoms with van der Waals surface area (Å²) in [5, 5.41) is 0. The van der Waals surface area contributed by atoms with E-state index in [0.717, 1.165) is 20.7 Å². The maximum Gasteiger partial charge on any atom is 0.161 e. The highest BCUT2D eigenvalue weighted by Crippen LogP contribution is 2.40. The van der Waals surface area contributed by atoms with Crippen molar-refractivity contribution >= 4 is 38.9 Å². The number of rotatable bonds is 2. The number of fused-ring (bicyclic) bond motifs is 1. The zero-order chi connectivity index (χ0) is 12.5. The van der Waals surface area contributed by atoms with Crippen LogP contribution < -0.4 is 9.47 Å². The van der Waals surface area contributed by atoms with Crippen LogP contribution in [0.4, 0.5) is 0 Å². The molecule has 94 valence electrons. The van der Waals surface area contributed by atoms with Gasteiger partial charge in [0.05, 0.1) is 9.16 Å². The van der Waals surface area contributed by atoms with Crippen molar-refractivity contribution in [1.29, 1.82) is 0 Å². The lowest BCUT2D eigenvalue weighted by Gasteiger charge is -2.29. The smallest absolute Gasteiger partial charge is 0.161 e. The SMILES string of the molecule is Clc1ccc(C(Br)C2COc3ccccc3O2)s1. The summed E-state index contributed by atoms with van der Waals surface area (Å²) in [6.07, 6.45) is -0.0467. The highest BCUT2D eigenvalue weighted by molar-refractivity contribution is 9.09. The third kappa shape index (κ3) is 2.37. The molecule has 0 bridgehead atoms. The maximum absolute atomic E-state index is 5.95. The molecular weight excluding hydrogens is 336 g/mol. The van der Waals surface area contributed by atoms with Crippen molar-refractivity contribution in [3.05, 3.63) is 45.6 Å². The van der Waals surface area contributed by atoms with Crippen molar-refractivity contribution in [1.82, 2.24) is 0 Å². The summed E-state index contributed by atoms with van der Waals surface area (Å²) in [5.74, 6) is 1.60. The molecule has 2 heterocycles. The number of alkyl halides is 1. The van der Waals surface area contributed by atoms with Crippen LogP contribution >= 0.6 is 38.9 Å². The molecule has 0 amide bonds. The Balaban J connectivity index is 1.79. The Morgan fingerprint density at radius 2 is 2.00 bits per heavy atom. The molecule has 2 unspecified atom stereocenters. The summed E-state index contributed by atoms with van der Waals surface area (Å²) in [6.45, 7) is 0.530. The first-order valence-electron chi connectivity index (χ1n) is 5.52. The monoisotopic (exact) mass is 344 g/mol. The number of ether oxygens (including phenoxy) is 2. The van der Waals surface area contributed by atoms with Gasteiger partial charge in [-0.15, -0.1) is 11.3 Å². The van der Waals surface area contributed by atoms with Gasteiger partial charge in [0.1, 0.15) is 6.61 Å². The molecule has 1 aromatic heterocycles. The summed E-state index contributed by atoms with van der Waals surface area (Å²) in [7, 11) is 0. The van der Waals surface area contributed by atoms with Gasteiger partial charge in [-0.1, -0.05) is 39.7 Å². The second-order valence-electron chi connectivity index (χ2n) is 3.96. The van der Waals surface area contributed by atoms with E-state index >= 15 is 0 Å². The van der Waals surface area contributed by atoms with E-state index in [-0.39, 0.29) is 10.9 Å². The molecule has 0 saturated carbocycles. The van der Waals surface area contributed by atoms with Crippen molar-refractivity contribution in [2.24, 2.45) is 0 Å². The van der Waals surface area contributed by atoms with Gasteiger partial charge >= 0.3 is 0 Å². The van der Waals surface area contributed by atoms with Gasteiger partial charge < -0.3 is 9.47 Å². The molecule has 0 saturated heterocycles. The fourth-order valence-corrected chi connectivity index (χ4v) is 3.63. The number of para-hydroxylation sites is 2. The summed E-state index contributed by atoms with van der Waals surface area (Å²) >= 11 is 11.2. The molecule has 2 atom stereocenters. The first kappa shape index (κ1) is 12.3. The minimum absolute atomic E-state index is 0.0467. The molecule has 5 heteroatoms. The fourth-order valence-electron chi connectivity index (χ4n) is 1.84. The number of benzene rings is 1. The Morgan fingerprint density at radius 3 is 2.72 bits per heavy atom. The number of hydrogen-bond acceptors (Lipinski definition) is 3. The third-order valence-corrected chi connectivity index (χ3v) is 5.42. The summed E-state index contributed by atoms with van der Waals surface area (Å²) in [5.41, 5.74) is 0. The number of thiophene rings is 1. The zero-order valence-electron chi connectivity index (χ0n) is 9.31. The van der Waals surface area contributed by atoms with Crippen LogP contribution in [0, 0.1) is 0 Å². The van der Waals surface area contributed by atoms with Gasteiger partial charge in [0, 0.05) is 4.88 Å². The highest BCUT2D eigenvalue weighted by Gasteiger charge is 2.29. The molecule has 1 aromatic carbocycles. The molecule has 0 spiro atoms. The van der Waals surface area contributed by atoms with Crippen molar-refractivity contribution in [2.45, 2.75) is 10.9 Å². The van der Waals surface area contributed by atoms with Crippen molar-refractivity contribution in [2.75, 3.05) is 6.61 Å². The summed E-state index contributed by atoms with van der Waals surface area (Å²) in [4.78, 5) is 1.23. The van der Waals surface area contributed by atoms with Crippen LogP contribution in [-0.2, 0) is 0 Å². The van der Waals surface area contributed by atoms with Gasteiger partial charge in [0.25, 0.3) is 0 Å². The predicted octanol–water partition coefficient (Wildman–Crippen LogP) is 4.68. The molecule has 0 aliphatic carbocycles. The van der Waals surface area contributed by atoms with Crippen molar-refractivity contribution in [3.63, 3.8) is 0 Å². The van der Waals surface area contributed by atoms with E-state index in [4.69, 9.17) is 21.1 Å². The average Bonchev–Trinajstić information content (AvgIpc) is 2.84. The van der Waals surface area contributed by atoms with Gasteiger partial charge in [0.15, 0.2) is 17.6 Å². The third-order valence-electron chi connectivity index (χ3n) is 2.72. The van der Waals surface area contributed by atoms with E-state index < -0.39 is 0 Å². The normalized spacial score (nSPS) is 19.6. The Hall–Kier alpha value is -0.710. The second kappa shape index (κ2) is 5.11. The zero-order valence-corrected chi connectivity index (χ0v) is 12.5. The van der Waals surface area contributed by atoms with Gasteiger partial charge in [0.2, 0.25) is 0 Å². The molecule has 1 aliphatic rings. The number of hydrogen-bond donors (Lipinski definition) is 0. The molecule has 18 heavy (non-hydrogen) atoms. The van der Waals surface area contributed by atoms with Gasteiger partial charge in [-0.25, -0.2) is 0 Å². The Morgan fingerprint density at radius 1 is 1.22 bits per heavy atom. The maximum atomic E-state index is 5.95. The fraction of sp³-hybridized carbons (Fsp3) is 0.231. The molecular formula is C13H10BrClO2S. The van der Waals surface area contributed by atoms with E-state index in [1.165, 1.54) is 0 Å². The predicted molar refractivity (Wildman–Crippen MR) is 77.4 cm³/mol. The molecule has 2 aromatic rings. The molecule has 0 N–H and O–H groups in total. The lowest BCUT2D eigenvalue weighted by atomic mass is 10.2. The lowest BCUT2D eigenvalue weighted by molar-refractivity contribution is 0.0910. The topological polar surface area (TPSA) is 18.5 Å². The molecule has 0 fully saturated rings. The number of halogens is 2. The van der Waals surface area contributed by atoms with Crippen LogP contribution in [0.1, 0.15) is 9.70 Å². The first-order chi connectivity index (χ1) is 8.74. The molecule has 2 nitrogen and oxygen atoms in total. The van der Waals surface area contributed by atoms with Crippen LogP contribution in [0.2, 0.25) is 4.34 Å². The van der Waals surface area contributed by atoms with Crippen LogP contribution in [0.5, 0.6) is 11.5 Å². The van der Waals surface area contributed by atoms with Gasteiger partial charge in [-0.05, 0) is 24.3 Å². The first-order valence-corrected chi connectivity index (χ1v) is 7.63. The minimum atomic E-state index is -0.0467. The summed E-state index contributed by atoms with van der Waals surface area (Å²) < 4.78 is 12.4. The van der Waals surface area contributed by atoms with E-state index in [0.29, 0.717) is 6.61 Å². The van der Waals surface area contributed by atoms with Crippen LogP contribution in [-0.4, -0.2) is 12.7 Å². The van der Waals surface area contributed by atoms with Crippen LogP contribution in [0.15, 0.2) is 36.4 Å². The Labute approximate surface area is 123 Å². The van der Waals surface area contributed by atoms with E-state index in [1.54, 1.807) is 11.3 Å². The van der Waals surface area contributed by atoms with Gasteiger partial charge in [-0.3, -0.25) is 0 Å². The Bertz CT molecular complexity index is 557. The largest absolute Gasteiger partial charge is 0.486 e. The molecule has 0 radical (unpaired) electrons. The van der Waals surface area contributed by atoms with E-state index in [9.17, 15) is 0 Å². The highest BCUT2D eigenvalue weighted by atomic mass is 79.9. The van der Waals surface area contributed by atoms with E-state index in [1.807, 2.05) is 36.4 Å². The lowest BCUT2D eigenvalue weighted by Crippen LogP contribution is -2.32. The average molecular weight is 346 g/mol. The summed E-state index contributed by atoms with van der Waals surface area (Å²) in [6, 6.07) is 11.6. The van der Waals surface area contributed by atoms with E-state index in [2.05, 4.69) is 15.9 Å².